The Balaban J connectivity index is 2.11. The van der Waals surface area contributed by atoms with Crippen LogP contribution in [0.1, 0.15) is 37.6 Å². The van der Waals surface area contributed by atoms with Crippen LogP contribution in [0, 0.1) is 5.41 Å². The highest BCUT2D eigenvalue weighted by atomic mass is 16.5. The van der Waals surface area contributed by atoms with Crippen LogP contribution < -0.4 is 10.3 Å². The lowest BCUT2D eigenvalue weighted by Crippen LogP contribution is -2.21. The van der Waals surface area contributed by atoms with Gasteiger partial charge in [-0.3, -0.25) is 4.79 Å². The maximum atomic E-state index is 11.9. The standard InChI is InChI=1S/C17H20N2O4/c1-17(2,3)8-9-23-14-6-4-13(5-7-14)19-15(20)10-12(11-18-19)16(21)22/h4-7,10-11H,8-9H2,1-3H3,(H,21,22). The molecule has 1 aromatic carbocycles. The van der Waals surface area contributed by atoms with E-state index in [1.54, 1.807) is 24.3 Å². The van der Waals surface area contributed by atoms with Crippen LogP contribution in [0.3, 0.4) is 0 Å². The molecule has 1 heterocycles. The second-order valence-corrected chi connectivity index (χ2v) is 6.45. The first-order chi connectivity index (χ1) is 10.8. The van der Waals surface area contributed by atoms with Crippen LogP contribution in [-0.2, 0) is 0 Å². The zero-order chi connectivity index (χ0) is 17.0. The van der Waals surface area contributed by atoms with Gasteiger partial charge >= 0.3 is 5.97 Å². The fraction of sp³-hybridized carbons (Fsp3) is 0.353. The number of benzene rings is 1. The molecular weight excluding hydrogens is 296 g/mol. The van der Waals surface area contributed by atoms with Gasteiger partial charge in [0, 0.05) is 6.07 Å². The van der Waals surface area contributed by atoms with Crippen LogP contribution in [0.4, 0.5) is 0 Å². The first-order valence-electron chi connectivity index (χ1n) is 7.32. The van der Waals surface area contributed by atoms with Crippen molar-refractivity contribution in [2.75, 3.05) is 6.61 Å². The molecule has 122 valence electrons. The predicted octanol–water partition coefficient (Wildman–Crippen LogP) is 2.75. The fourth-order valence-electron chi connectivity index (χ4n) is 1.88. The molecule has 2 aromatic rings. The van der Waals surface area contributed by atoms with Gasteiger partial charge in [0.2, 0.25) is 0 Å². The van der Waals surface area contributed by atoms with Crippen molar-refractivity contribution >= 4 is 5.97 Å². The van der Waals surface area contributed by atoms with Crippen molar-refractivity contribution in [3.05, 3.63) is 52.4 Å². The molecule has 0 spiro atoms. The summed E-state index contributed by atoms with van der Waals surface area (Å²) in [7, 11) is 0. The lowest BCUT2D eigenvalue weighted by Gasteiger charge is -2.18. The monoisotopic (exact) mass is 316 g/mol. The molecule has 1 N–H and O–H groups in total. The number of carboxylic acid groups (broad SMARTS) is 1. The smallest absolute Gasteiger partial charge is 0.337 e. The minimum Gasteiger partial charge on any atom is -0.494 e. The summed E-state index contributed by atoms with van der Waals surface area (Å²) in [5.41, 5.74) is 0.137. The van der Waals surface area contributed by atoms with Crippen molar-refractivity contribution in [3.63, 3.8) is 0 Å². The SMILES string of the molecule is CC(C)(C)CCOc1ccc(-n2ncc(C(=O)O)cc2=O)cc1. The number of hydrogen-bond acceptors (Lipinski definition) is 4. The number of aromatic nitrogens is 2. The van der Waals surface area contributed by atoms with Gasteiger partial charge in [0.05, 0.1) is 24.1 Å². The van der Waals surface area contributed by atoms with Gasteiger partial charge in [-0.2, -0.15) is 9.78 Å². The Morgan fingerprint density at radius 1 is 1.26 bits per heavy atom. The molecule has 0 saturated carbocycles. The third kappa shape index (κ3) is 4.67. The van der Waals surface area contributed by atoms with Gasteiger partial charge in [-0.25, -0.2) is 4.79 Å². The molecule has 23 heavy (non-hydrogen) atoms. The average Bonchev–Trinajstić information content (AvgIpc) is 2.46. The normalized spacial score (nSPS) is 11.3. The summed E-state index contributed by atoms with van der Waals surface area (Å²) in [6, 6.07) is 7.99. The maximum Gasteiger partial charge on any atom is 0.337 e. The number of carboxylic acids is 1. The first-order valence-corrected chi connectivity index (χ1v) is 7.32. The van der Waals surface area contributed by atoms with Crippen LogP contribution in [-0.4, -0.2) is 27.5 Å². The third-order valence-electron chi connectivity index (χ3n) is 3.25. The van der Waals surface area contributed by atoms with Crippen molar-refractivity contribution < 1.29 is 14.6 Å². The summed E-state index contributed by atoms with van der Waals surface area (Å²) >= 11 is 0. The third-order valence-corrected chi connectivity index (χ3v) is 3.25. The quantitative estimate of drug-likeness (QED) is 0.917. The van der Waals surface area contributed by atoms with Crippen molar-refractivity contribution in [3.8, 4) is 11.4 Å². The van der Waals surface area contributed by atoms with E-state index >= 15 is 0 Å². The lowest BCUT2D eigenvalue weighted by molar-refractivity contribution is 0.0696. The summed E-state index contributed by atoms with van der Waals surface area (Å²) in [5.74, 6) is -0.461. The largest absolute Gasteiger partial charge is 0.494 e. The second-order valence-electron chi connectivity index (χ2n) is 6.45. The molecule has 2 rings (SSSR count). The van der Waals surface area contributed by atoms with Crippen molar-refractivity contribution in [2.45, 2.75) is 27.2 Å². The van der Waals surface area contributed by atoms with Gasteiger partial charge in [-0.05, 0) is 36.1 Å². The Bertz CT molecular complexity index is 742. The number of carbonyl (C=O) groups is 1. The van der Waals surface area contributed by atoms with Gasteiger partial charge in [0.25, 0.3) is 5.56 Å². The van der Waals surface area contributed by atoms with Crippen LogP contribution in [0.15, 0.2) is 41.3 Å². The highest BCUT2D eigenvalue weighted by molar-refractivity contribution is 5.86. The second kappa shape index (κ2) is 6.64. The summed E-state index contributed by atoms with van der Waals surface area (Å²) in [5, 5.41) is 12.7. The van der Waals surface area contributed by atoms with E-state index in [0.29, 0.717) is 18.0 Å². The van der Waals surface area contributed by atoms with Crippen LogP contribution in [0.5, 0.6) is 5.75 Å². The molecule has 0 aliphatic heterocycles. The Morgan fingerprint density at radius 3 is 2.43 bits per heavy atom. The van der Waals surface area contributed by atoms with Gasteiger partial charge in [-0.15, -0.1) is 0 Å². The first kappa shape index (κ1) is 16.7. The molecule has 1 aromatic heterocycles. The van der Waals surface area contributed by atoms with E-state index in [1.165, 1.54) is 0 Å². The van der Waals surface area contributed by atoms with Crippen molar-refractivity contribution in [2.24, 2.45) is 5.41 Å². The Labute approximate surface area is 134 Å². The molecule has 0 amide bonds. The molecule has 0 saturated heterocycles. The topological polar surface area (TPSA) is 81.4 Å². The zero-order valence-corrected chi connectivity index (χ0v) is 13.4. The highest BCUT2D eigenvalue weighted by Crippen LogP contribution is 2.20. The molecule has 0 fully saturated rings. The molecule has 0 unspecified atom stereocenters. The number of hydrogen-bond donors (Lipinski definition) is 1. The van der Waals surface area contributed by atoms with Gasteiger partial charge in [0.1, 0.15) is 5.75 Å². The van der Waals surface area contributed by atoms with E-state index < -0.39 is 11.5 Å². The van der Waals surface area contributed by atoms with Gasteiger partial charge < -0.3 is 9.84 Å². The van der Waals surface area contributed by atoms with Crippen LogP contribution in [0.25, 0.3) is 5.69 Å². The number of ether oxygens (including phenoxy) is 1. The molecule has 0 aliphatic carbocycles. The van der Waals surface area contributed by atoms with E-state index in [0.717, 1.165) is 23.4 Å². The summed E-state index contributed by atoms with van der Waals surface area (Å²) in [4.78, 5) is 22.7. The van der Waals surface area contributed by atoms with Crippen molar-refractivity contribution in [1.29, 1.82) is 0 Å². The summed E-state index contributed by atoms with van der Waals surface area (Å²) in [6.45, 7) is 7.07. The molecule has 6 nitrogen and oxygen atoms in total. The van der Waals surface area contributed by atoms with E-state index in [1.807, 2.05) is 0 Å². The van der Waals surface area contributed by atoms with Gasteiger partial charge in [0.15, 0.2) is 0 Å². The fourth-order valence-corrected chi connectivity index (χ4v) is 1.88. The van der Waals surface area contributed by atoms with E-state index in [-0.39, 0.29) is 11.0 Å². The Kier molecular flexibility index (Phi) is 4.83. The van der Waals surface area contributed by atoms with E-state index in [2.05, 4.69) is 25.9 Å². The number of aromatic carboxylic acids is 1. The summed E-state index contributed by atoms with van der Waals surface area (Å²) < 4.78 is 6.81. The zero-order valence-electron chi connectivity index (χ0n) is 13.4. The highest BCUT2D eigenvalue weighted by Gasteiger charge is 2.10. The molecule has 0 bridgehead atoms. The molecular formula is C17H20N2O4. The maximum absolute atomic E-state index is 11.9. The molecule has 0 atom stereocenters. The Hall–Kier alpha value is -2.63. The minimum atomic E-state index is -1.18. The van der Waals surface area contributed by atoms with Gasteiger partial charge in [-0.1, -0.05) is 20.8 Å². The van der Waals surface area contributed by atoms with Crippen LogP contribution in [0.2, 0.25) is 0 Å². The average molecular weight is 316 g/mol. The Morgan fingerprint density at radius 2 is 1.91 bits per heavy atom. The van der Waals surface area contributed by atoms with Crippen molar-refractivity contribution in [1.82, 2.24) is 9.78 Å². The molecule has 6 heteroatoms. The molecule has 0 aliphatic rings. The molecule has 0 radical (unpaired) electrons. The summed E-state index contributed by atoms with van der Waals surface area (Å²) in [6.07, 6.45) is 2.09. The van der Waals surface area contributed by atoms with E-state index in [9.17, 15) is 9.59 Å². The van der Waals surface area contributed by atoms with E-state index in [4.69, 9.17) is 9.84 Å². The number of nitrogens with zero attached hydrogens (tertiary/aromatic N) is 2. The van der Waals surface area contributed by atoms with Crippen LogP contribution >= 0.6 is 0 Å². The number of rotatable bonds is 5. The predicted molar refractivity (Wildman–Crippen MR) is 86.4 cm³/mol. The lowest BCUT2D eigenvalue weighted by atomic mass is 9.93. The minimum absolute atomic E-state index is 0.131.